The van der Waals surface area contributed by atoms with E-state index in [9.17, 15) is 15.2 Å². The van der Waals surface area contributed by atoms with Crippen molar-refractivity contribution in [3.63, 3.8) is 0 Å². The second-order valence-electron chi connectivity index (χ2n) is 4.77. The monoisotopic (exact) mass is 271 g/mol. The van der Waals surface area contributed by atoms with Gasteiger partial charge in [-0.1, -0.05) is 11.6 Å². The van der Waals surface area contributed by atoms with Gasteiger partial charge in [-0.3, -0.25) is 10.1 Å². The number of rotatable bonds is 5. The first-order valence-corrected chi connectivity index (χ1v) is 6.04. The summed E-state index contributed by atoms with van der Waals surface area (Å²) < 4.78 is 0. The van der Waals surface area contributed by atoms with Gasteiger partial charge in [0.2, 0.25) is 0 Å². The molecule has 2 rings (SSSR count). The van der Waals surface area contributed by atoms with Crippen LogP contribution in [0.2, 0.25) is 5.02 Å². The van der Waals surface area contributed by atoms with Crippen molar-refractivity contribution in [2.75, 3.05) is 11.9 Å². The highest BCUT2D eigenvalue weighted by Crippen LogP contribution is 2.39. The lowest BCUT2D eigenvalue weighted by Gasteiger charge is -2.23. The van der Waals surface area contributed by atoms with Gasteiger partial charge in [0, 0.05) is 12.6 Å². The third kappa shape index (κ3) is 2.88. The molecule has 7 heteroatoms. The Balaban J connectivity index is 2.03. The molecule has 2 N–H and O–H groups in total. The number of nitrogens with zero attached hydrogens (tertiary/aromatic N) is 2. The van der Waals surface area contributed by atoms with Gasteiger partial charge in [0.15, 0.2) is 0 Å². The molecule has 0 unspecified atom stereocenters. The summed E-state index contributed by atoms with van der Waals surface area (Å²) in [5.41, 5.74) is -0.952. The first-order chi connectivity index (χ1) is 8.40. The van der Waals surface area contributed by atoms with E-state index in [1.165, 1.54) is 6.07 Å². The van der Waals surface area contributed by atoms with Crippen LogP contribution in [-0.4, -0.2) is 27.2 Å². The highest BCUT2D eigenvalue weighted by atomic mass is 35.5. The molecule has 1 atom stereocenters. The zero-order chi connectivity index (χ0) is 13.3. The fraction of sp³-hybridized carbons (Fsp3) is 0.545. The van der Waals surface area contributed by atoms with Crippen molar-refractivity contribution in [3.05, 3.63) is 27.4 Å². The molecule has 98 valence electrons. The van der Waals surface area contributed by atoms with Crippen LogP contribution in [0.4, 0.5) is 11.5 Å². The predicted molar refractivity (Wildman–Crippen MR) is 67.7 cm³/mol. The highest BCUT2D eigenvalue weighted by molar-refractivity contribution is 6.33. The van der Waals surface area contributed by atoms with Crippen molar-refractivity contribution in [1.29, 1.82) is 0 Å². The van der Waals surface area contributed by atoms with E-state index in [0.29, 0.717) is 18.3 Å². The normalized spacial score (nSPS) is 18.2. The summed E-state index contributed by atoms with van der Waals surface area (Å²) in [7, 11) is 0. The Bertz CT molecular complexity index is 475. The van der Waals surface area contributed by atoms with E-state index in [1.807, 2.05) is 0 Å². The number of hydrogen-bond acceptors (Lipinski definition) is 5. The van der Waals surface area contributed by atoms with Gasteiger partial charge < -0.3 is 10.4 Å². The Morgan fingerprint density at radius 1 is 1.72 bits per heavy atom. The Labute approximate surface area is 109 Å². The molecule has 0 amide bonds. The second kappa shape index (κ2) is 4.70. The summed E-state index contributed by atoms with van der Waals surface area (Å²) in [6.07, 6.45) is 3.19. The number of aromatic nitrogens is 1. The molecule has 1 aromatic rings. The summed E-state index contributed by atoms with van der Waals surface area (Å²) in [4.78, 5) is 13.9. The van der Waals surface area contributed by atoms with Gasteiger partial charge in [-0.25, -0.2) is 4.98 Å². The van der Waals surface area contributed by atoms with Crippen molar-refractivity contribution < 1.29 is 10.0 Å². The maximum absolute atomic E-state index is 10.5. The van der Waals surface area contributed by atoms with Gasteiger partial charge in [-0.15, -0.1) is 0 Å². The predicted octanol–water partition coefficient (Wildman–Crippen LogP) is 2.22. The van der Waals surface area contributed by atoms with Crippen LogP contribution in [0.1, 0.15) is 19.8 Å². The average Bonchev–Trinajstić information content (AvgIpc) is 3.11. The molecule has 0 bridgehead atoms. The minimum Gasteiger partial charge on any atom is -0.388 e. The SMILES string of the molecule is C[C@](O)(CNc1ncc([N+](=O)[O-])cc1Cl)C1CC1. The van der Waals surface area contributed by atoms with Gasteiger partial charge in [0.25, 0.3) is 5.69 Å². The van der Waals surface area contributed by atoms with Gasteiger partial charge >= 0.3 is 0 Å². The summed E-state index contributed by atoms with van der Waals surface area (Å²) >= 11 is 5.89. The number of anilines is 1. The molecule has 1 heterocycles. The highest BCUT2D eigenvalue weighted by Gasteiger charge is 2.39. The fourth-order valence-electron chi connectivity index (χ4n) is 1.77. The van der Waals surface area contributed by atoms with Gasteiger partial charge in [0.1, 0.15) is 12.0 Å². The van der Waals surface area contributed by atoms with Crippen LogP contribution in [0.15, 0.2) is 12.3 Å². The first-order valence-electron chi connectivity index (χ1n) is 5.66. The maximum atomic E-state index is 10.5. The third-order valence-electron chi connectivity index (χ3n) is 3.11. The number of halogens is 1. The molecule has 0 aliphatic heterocycles. The summed E-state index contributed by atoms with van der Waals surface area (Å²) in [6.45, 7) is 2.08. The first kappa shape index (κ1) is 13.0. The minimum absolute atomic E-state index is 0.153. The van der Waals surface area contributed by atoms with E-state index in [2.05, 4.69) is 10.3 Å². The van der Waals surface area contributed by atoms with E-state index in [4.69, 9.17) is 11.6 Å². The van der Waals surface area contributed by atoms with Crippen LogP contribution in [0.25, 0.3) is 0 Å². The number of nitrogens with one attached hydrogen (secondary N) is 1. The van der Waals surface area contributed by atoms with Gasteiger partial charge in [-0.2, -0.15) is 0 Å². The van der Waals surface area contributed by atoms with E-state index in [1.54, 1.807) is 6.92 Å². The van der Waals surface area contributed by atoms with Gasteiger partial charge in [-0.05, 0) is 25.7 Å². The lowest BCUT2D eigenvalue weighted by Crippen LogP contribution is -2.35. The van der Waals surface area contributed by atoms with Crippen LogP contribution in [0.5, 0.6) is 0 Å². The van der Waals surface area contributed by atoms with Crippen molar-refractivity contribution in [1.82, 2.24) is 4.98 Å². The van der Waals surface area contributed by atoms with Crippen LogP contribution in [-0.2, 0) is 0 Å². The molecule has 1 aliphatic rings. The van der Waals surface area contributed by atoms with Crippen LogP contribution in [0, 0.1) is 16.0 Å². The van der Waals surface area contributed by atoms with Crippen LogP contribution < -0.4 is 5.32 Å². The lowest BCUT2D eigenvalue weighted by atomic mass is 10.0. The quantitative estimate of drug-likeness (QED) is 0.633. The Morgan fingerprint density at radius 2 is 2.39 bits per heavy atom. The molecule has 1 saturated carbocycles. The molecular weight excluding hydrogens is 258 g/mol. The summed E-state index contributed by atoms with van der Waals surface area (Å²) in [6, 6.07) is 1.24. The van der Waals surface area contributed by atoms with Crippen molar-refractivity contribution in [3.8, 4) is 0 Å². The standard InChI is InChI=1S/C11H14ClN3O3/c1-11(16,7-2-3-7)6-14-10-9(12)4-8(5-13-10)15(17)18/h4-5,7,16H,2-3,6H2,1H3,(H,13,14)/t11-/m0/s1. The van der Waals surface area contributed by atoms with Crippen molar-refractivity contribution in [2.24, 2.45) is 5.92 Å². The van der Waals surface area contributed by atoms with E-state index < -0.39 is 10.5 Å². The lowest BCUT2D eigenvalue weighted by molar-refractivity contribution is -0.385. The molecule has 1 aliphatic carbocycles. The van der Waals surface area contributed by atoms with Crippen LogP contribution >= 0.6 is 11.6 Å². The van der Waals surface area contributed by atoms with Crippen molar-refractivity contribution >= 4 is 23.1 Å². The number of pyridine rings is 1. The molecule has 0 spiro atoms. The van der Waals surface area contributed by atoms with E-state index >= 15 is 0 Å². The van der Waals surface area contributed by atoms with Crippen molar-refractivity contribution in [2.45, 2.75) is 25.4 Å². The topological polar surface area (TPSA) is 88.3 Å². The molecular formula is C11H14ClN3O3. The average molecular weight is 272 g/mol. The third-order valence-corrected chi connectivity index (χ3v) is 3.40. The zero-order valence-corrected chi connectivity index (χ0v) is 10.6. The molecule has 0 saturated heterocycles. The smallest absolute Gasteiger partial charge is 0.289 e. The molecule has 0 aromatic carbocycles. The van der Waals surface area contributed by atoms with Gasteiger partial charge in [0.05, 0.1) is 15.5 Å². The molecule has 6 nitrogen and oxygen atoms in total. The molecule has 0 radical (unpaired) electrons. The maximum Gasteiger partial charge on any atom is 0.289 e. The largest absolute Gasteiger partial charge is 0.388 e. The minimum atomic E-state index is -0.799. The van der Waals surface area contributed by atoms with E-state index in [-0.39, 0.29) is 10.7 Å². The molecule has 1 fully saturated rings. The van der Waals surface area contributed by atoms with Crippen LogP contribution in [0.3, 0.4) is 0 Å². The second-order valence-corrected chi connectivity index (χ2v) is 5.17. The number of aliphatic hydroxyl groups is 1. The Morgan fingerprint density at radius 3 is 2.89 bits per heavy atom. The molecule has 18 heavy (non-hydrogen) atoms. The Kier molecular flexibility index (Phi) is 3.41. The zero-order valence-electron chi connectivity index (χ0n) is 9.89. The van der Waals surface area contributed by atoms with E-state index in [0.717, 1.165) is 19.0 Å². The number of hydrogen-bond donors (Lipinski definition) is 2. The molecule has 1 aromatic heterocycles. The Hall–Kier alpha value is -1.40. The fourth-order valence-corrected chi connectivity index (χ4v) is 2.00. The number of nitro groups is 1. The summed E-state index contributed by atoms with van der Waals surface area (Å²) in [5, 5.41) is 23.7. The summed E-state index contributed by atoms with van der Waals surface area (Å²) in [5.74, 6) is 0.657.